The Morgan fingerprint density at radius 2 is 1.79 bits per heavy atom. The number of thiazole rings is 2. The van der Waals surface area contributed by atoms with Crippen LogP contribution in [0.2, 0.25) is 0 Å². The smallest absolute Gasteiger partial charge is 0.272 e. The van der Waals surface area contributed by atoms with Crippen LogP contribution in [-0.4, -0.2) is 47.0 Å². The Morgan fingerprint density at radius 1 is 1.07 bits per heavy atom. The number of carbonyl (C=O) groups is 1. The van der Waals surface area contributed by atoms with E-state index in [2.05, 4.69) is 28.7 Å². The summed E-state index contributed by atoms with van der Waals surface area (Å²) in [6.45, 7) is 10.5. The monoisotopic (exact) mass is 424 g/mol. The van der Waals surface area contributed by atoms with Crippen LogP contribution >= 0.6 is 22.7 Å². The van der Waals surface area contributed by atoms with Gasteiger partial charge in [-0.2, -0.15) is 0 Å². The van der Waals surface area contributed by atoms with Crippen LogP contribution in [0.1, 0.15) is 34.2 Å². The van der Waals surface area contributed by atoms with E-state index >= 15 is 0 Å². The molecule has 0 saturated heterocycles. The first-order valence-corrected chi connectivity index (χ1v) is 10.7. The lowest BCUT2D eigenvalue weighted by molar-refractivity contribution is 0.0987. The molecule has 0 N–H and O–H groups in total. The lowest BCUT2D eigenvalue weighted by atomic mass is 10.3. The lowest BCUT2D eigenvalue weighted by Crippen LogP contribution is -2.38. The van der Waals surface area contributed by atoms with Crippen LogP contribution in [0.5, 0.6) is 0 Å². The first kappa shape index (κ1) is 20.8. The third kappa shape index (κ3) is 4.21. The van der Waals surface area contributed by atoms with Gasteiger partial charge in [-0.05, 0) is 33.0 Å². The molecule has 1 amide bonds. The summed E-state index contributed by atoms with van der Waals surface area (Å²) in [5.41, 5.74) is 0.748. The van der Waals surface area contributed by atoms with E-state index in [0.29, 0.717) is 33.5 Å². The first-order chi connectivity index (χ1) is 13.3. The van der Waals surface area contributed by atoms with E-state index in [1.165, 1.54) is 17.4 Å². The highest BCUT2D eigenvalue weighted by atomic mass is 32.1. The number of hydrogen-bond acceptors (Lipinski definition) is 6. The number of amides is 1. The number of benzene rings is 1. The molecule has 0 saturated carbocycles. The quantitative estimate of drug-likeness (QED) is 0.555. The van der Waals surface area contributed by atoms with Gasteiger partial charge in [0.2, 0.25) is 0 Å². The maximum Gasteiger partial charge on any atom is 0.272 e. The minimum Gasteiger partial charge on any atom is -0.302 e. The molecule has 0 atom stereocenters. The van der Waals surface area contributed by atoms with E-state index in [-0.39, 0.29) is 11.4 Å². The fourth-order valence-electron chi connectivity index (χ4n) is 2.98. The van der Waals surface area contributed by atoms with Crippen molar-refractivity contribution in [1.29, 1.82) is 0 Å². The minimum atomic E-state index is -0.724. The van der Waals surface area contributed by atoms with Crippen molar-refractivity contribution < 1.29 is 13.6 Å². The van der Waals surface area contributed by atoms with Gasteiger partial charge in [0, 0.05) is 19.2 Å². The molecule has 0 spiro atoms. The average molecular weight is 425 g/mol. The van der Waals surface area contributed by atoms with E-state index in [1.807, 2.05) is 6.92 Å². The van der Waals surface area contributed by atoms with E-state index in [4.69, 9.17) is 0 Å². The molecule has 3 rings (SSSR count). The predicted octanol–water partition coefficient (Wildman–Crippen LogP) is 4.64. The third-order valence-corrected chi connectivity index (χ3v) is 6.60. The van der Waals surface area contributed by atoms with Gasteiger partial charge in [-0.1, -0.05) is 25.2 Å². The molecular formula is C19H22F2N4OS2. The van der Waals surface area contributed by atoms with Crippen molar-refractivity contribution >= 4 is 43.9 Å². The van der Waals surface area contributed by atoms with Crippen LogP contribution in [0.15, 0.2) is 12.1 Å². The molecule has 3 aromatic rings. The highest BCUT2D eigenvalue weighted by Crippen LogP contribution is 2.32. The SMILES string of the molecule is CCN(CC)CCN(C(=O)c1sc(C)nc1C)c1nc2c(F)cc(F)cc2s1. The predicted molar refractivity (Wildman–Crippen MR) is 111 cm³/mol. The number of nitrogens with zero attached hydrogens (tertiary/aromatic N) is 4. The van der Waals surface area contributed by atoms with Gasteiger partial charge in [-0.3, -0.25) is 9.69 Å². The molecule has 0 unspecified atom stereocenters. The summed E-state index contributed by atoms with van der Waals surface area (Å²) < 4.78 is 28.1. The molecule has 5 nitrogen and oxygen atoms in total. The summed E-state index contributed by atoms with van der Waals surface area (Å²) in [7, 11) is 0. The molecule has 9 heteroatoms. The summed E-state index contributed by atoms with van der Waals surface area (Å²) >= 11 is 2.45. The molecule has 0 bridgehead atoms. The molecule has 0 radical (unpaired) electrons. The lowest BCUT2D eigenvalue weighted by Gasteiger charge is -2.24. The van der Waals surface area contributed by atoms with Gasteiger partial charge in [0.15, 0.2) is 10.9 Å². The molecule has 0 aliphatic carbocycles. The number of likely N-dealkylation sites (N-methyl/N-ethyl adjacent to an activating group) is 1. The summed E-state index contributed by atoms with van der Waals surface area (Å²) in [6.07, 6.45) is 0. The van der Waals surface area contributed by atoms with Crippen molar-refractivity contribution in [2.45, 2.75) is 27.7 Å². The summed E-state index contributed by atoms with van der Waals surface area (Å²) in [5, 5.41) is 1.17. The highest BCUT2D eigenvalue weighted by Gasteiger charge is 2.26. The van der Waals surface area contributed by atoms with Gasteiger partial charge in [-0.15, -0.1) is 11.3 Å². The van der Waals surface area contributed by atoms with E-state index < -0.39 is 11.6 Å². The van der Waals surface area contributed by atoms with Crippen LogP contribution in [0.3, 0.4) is 0 Å². The molecule has 1 aromatic carbocycles. The Kier molecular flexibility index (Phi) is 6.36. The van der Waals surface area contributed by atoms with Crippen molar-refractivity contribution in [1.82, 2.24) is 14.9 Å². The summed E-state index contributed by atoms with van der Waals surface area (Å²) in [6, 6.07) is 2.05. The van der Waals surface area contributed by atoms with E-state index in [0.717, 1.165) is 35.5 Å². The normalized spacial score (nSPS) is 11.5. The second-order valence-electron chi connectivity index (χ2n) is 6.36. The minimum absolute atomic E-state index is 0.0826. The molecule has 28 heavy (non-hydrogen) atoms. The molecule has 0 aliphatic heterocycles. The fraction of sp³-hybridized carbons (Fsp3) is 0.421. The number of anilines is 1. The van der Waals surface area contributed by atoms with E-state index in [9.17, 15) is 13.6 Å². The first-order valence-electron chi connectivity index (χ1n) is 9.07. The Balaban J connectivity index is 2.01. The topological polar surface area (TPSA) is 49.3 Å². The Bertz CT molecular complexity index is 997. The zero-order chi connectivity index (χ0) is 20.4. The number of hydrogen-bond donors (Lipinski definition) is 0. The zero-order valence-corrected chi connectivity index (χ0v) is 17.9. The standard InChI is InChI=1S/C19H22F2N4OS2/c1-5-24(6-2)7-8-25(18(26)17-11(3)22-12(4)27-17)19-23-16-14(21)9-13(20)10-15(16)28-19/h9-10H,5-8H2,1-4H3. The van der Waals surface area contributed by atoms with Crippen LogP contribution in [0.4, 0.5) is 13.9 Å². The van der Waals surface area contributed by atoms with Gasteiger partial charge in [0.1, 0.15) is 16.2 Å². The largest absolute Gasteiger partial charge is 0.302 e. The second-order valence-corrected chi connectivity index (χ2v) is 8.57. The van der Waals surface area contributed by atoms with Gasteiger partial charge >= 0.3 is 0 Å². The number of rotatable bonds is 7. The van der Waals surface area contributed by atoms with Crippen molar-refractivity contribution in [3.63, 3.8) is 0 Å². The molecule has 0 aliphatic rings. The average Bonchev–Trinajstić information content (AvgIpc) is 3.21. The zero-order valence-electron chi connectivity index (χ0n) is 16.3. The van der Waals surface area contributed by atoms with Crippen LogP contribution in [0.25, 0.3) is 10.2 Å². The number of halogens is 2. The van der Waals surface area contributed by atoms with Crippen LogP contribution < -0.4 is 4.90 Å². The summed E-state index contributed by atoms with van der Waals surface area (Å²) in [5.74, 6) is -1.59. The Morgan fingerprint density at radius 3 is 2.39 bits per heavy atom. The number of aromatic nitrogens is 2. The Labute approximate surface area is 170 Å². The number of fused-ring (bicyclic) bond motifs is 1. The Hall–Kier alpha value is -1.97. The van der Waals surface area contributed by atoms with Crippen molar-refractivity contribution in [3.8, 4) is 0 Å². The van der Waals surface area contributed by atoms with Gasteiger partial charge in [0.25, 0.3) is 5.91 Å². The van der Waals surface area contributed by atoms with Gasteiger partial charge in [0.05, 0.1) is 15.4 Å². The van der Waals surface area contributed by atoms with E-state index in [1.54, 1.807) is 11.8 Å². The number of carbonyl (C=O) groups excluding carboxylic acids is 1. The summed E-state index contributed by atoms with van der Waals surface area (Å²) in [4.78, 5) is 26.2. The highest BCUT2D eigenvalue weighted by molar-refractivity contribution is 7.22. The fourth-order valence-corrected chi connectivity index (χ4v) is 4.88. The molecule has 2 heterocycles. The molecule has 2 aromatic heterocycles. The molecule has 0 fully saturated rings. The van der Waals surface area contributed by atoms with Crippen LogP contribution in [-0.2, 0) is 0 Å². The van der Waals surface area contributed by atoms with Crippen molar-refractivity contribution in [2.75, 3.05) is 31.1 Å². The molecule has 150 valence electrons. The van der Waals surface area contributed by atoms with Gasteiger partial charge < -0.3 is 4.90 Å². The van der Waals surface area contributed by atoms with Crippen LogP contribution in [0, 0.1) is 25.5 Å². The third-order valence-electron chi connectivity index (χ3n) is 4.51. The maximum absolute atomic E-state index is 14.1. The molecular weight excluding hydrogens is 402 g/mol. The number of aryl methyl sites for hydroxylation is 2. The van der Waals surface area contributed by atoms with Crippen molar-refractivity contribution in [3.05, 3.63) is 39.3 Å². The maximum atomic E-state index is 14.1. The van der Waals surface area contributed by atoms with Crippen molar-refractivity contribution in [2.24, 2.45) is 0 Å². The second kappa shape index (κ2) is 8.59. The van der Waals surface area contributed by atoms with Gasteiger partial charge in [-0.25, -0.2) is 18.7 Å².